The zero-order chi connectivity index (χ0) is 12.5. The van der Waals surface area contributed by atoms with Crippen molar-refractivity contribution in [1.29, 1.82) is 0 Å². The van der Waals surface area contributed by atoms with E-state index in [1.165, 1.54) is 0 Å². The SMILES string of the molecule is OC(c1cc(Cl)cc2c1OCC2)C1CCCNC1. The molecule has 1 aromatic rings. The van der Waals surface area contributed by atoms with Crippen molar-refractivity contribution in [3.05, 3.63) is 28.3 Å². The molecule has 18 heavy (non-hydrogen) atoms. The Morgan fingerprint density at radius 2 is 2.33 bits per heavy atom. The summed E-state index contributed by atoms with van der Waals surface area (Å²) in [4.78, 5) is 0. The minimum atomic E-state index is -0.483. The lowest BCUT2D eigenvalue weighted by Gasteiger charge is -2.28. The number of aliphatic hydroxyl groups excluding tert-OH is 1. The van der Waals surface area contributed by atoms with Crippen LogP contribution in [0.1, 0.15) is 30.1 Å². The highest BCUT2D eigenvalue weighted by molar-refractivity contribution is 6.30. The predicted molar refractivity (Wildman–Crippen MR) is 71.2 cm³/mol. The molecule has 0 amide bonds. The summed E-state index contributed by atoms with van der Waals surface area (Å²) < 4.78 is 5.66. The Morgan fingerprint density at radius 1 is 1.44 bits per heavy atom. The molecule has 2 unspecified atom stereocenters. The molecular weight excluding hydrogens is 250 g/mol. The normalized spacial score (nSPS) is 24.4. The number of benzene rings is 1. The standard InChI is InChI=1S/C14H18ClNO2/c15-11-6-9-3-5-18-14(9)12(7-11)13(17)10-2-1-4-16-8-10/h6-7,10,13,16-17H,1-5,8H2. The molecule has 2 aliphatic rings. The molecule has 0 saturated carbocycles. The Labute approximate surface area is 112 Å². The second-order valence-electron chi connectivity index (χ2n) is 5.13. The fourth-order valence-electron chi connectivity index (χ4n) is 2.92. The first-order valence-electron chi connectivity index (χ1n) is 6.59. The third-order valence-electron chi connectivity index (χ3n) is 3.88. The van der Waals surface area contributed by atoms with Gasteiger partial charge in [-0.3, -0.25) is 0 Å². The van der Waals surface area contributed by atoms with Crippen molar-refractivity contribution in [2.75, 3.05) is 19.7 Å². The number of fused-ring (bicyclic) bond motifs is 1. The molecule has 1 saturated heterocycles. The lowest BCUT2D eigenvalue weighted by Crippen LogP contribution is -2.33. The van der Waals surface area contributed by atoms with E-state index in [4.69, 9.17) is 16.3 Å². The van der Waals surface area contributed by atoms with Gasteiger partial charge in [0.05, 0.1) is 12.7 Å². The van der Waals surface area contributed by atoms with E-state index >= 15 is 0 Å². The molecular formula is C14H18ClNO2. The number of halogens is 1. The molecule has 4 heteroatoms. The van der Waals surface area contributed by atoms with Crippen LogP contribution in [0.4, 0.5) is 0 Å². The zero-order valence-electron chi connectivity index (χ0n) is 10.3. The third-order valence-corrected chi connectivity index (χ3v) is 4.10. The highest BCUT2D eigenvalue weighted by Gasteiger charge is 2.28. The number of piperidine rings is 1. The second kappa shape index (κ2) is 5.08. The van der Waals surface area contributed by atoms with Crippen molar-refractivity contribution in [3.63, 3.8) is 0 Å². The molecule has 1 aromatic carbocycles. The maximum atomic E-state index is 10.6. The first kappa shape index (κ1) is 12.3. The van der Waals surface area contributed by atoms with Crippen LogP contribution in [0.2, 0.25) is 5.02 Å². The number of aliphatic hydroxyl groups is 1. The van der Waals surface area contributed by atoms with Crippen molar-refractivity contribution in [1.82, 2.24) is 5.32 Å². The summed E-state index contributed by atoms with van der Waals surface area (Å²) in [6.07, 6.45) is 2.57. The predicted octanol–water partition coefficient (Wildman–Crippen LogP) is 2.31. The molecule has 3 nitrogen and oxygen atoms in total. The summed E-state index contributed by atoms with van der Waals surface area (Å²) >= 11 is 6.13. The van der Waals surface area contributed by atoms with E-state index in [1.807, 2.05) is 12.1 Å². The molecule has 2 heterocycles. The fourth-order valence-corrected chi connectivity index (χ4v) is 3.17. The van der Waals surface area contributed by atoms with E-state index in [1.54, 1.807) is 0 Å². The van der Waals surface area contributed by atoms with Crippen molar-refractivity contribution in [3.8, 4) is 5.75 Å². The van der Waals surface area contributed by atoms with Crippen LogP contribution in [-0.4, -0.2) is 24.8 Å². The highest BCUT2D eigenvalue weighted by Crippen LogP contribution is 2.39. The summed E-state index contributed by atoms with van der Waals surface area (Å²) in [5, 5.41) is 14.6. The van der Waals surface area contributed by atoms with Crippen molar-refractivity contribution in [2.24, 2.45) is 5.92 Å². The Kier molecular flexibility index (Phi) is 3.46. The lowest BCUT2D eigenvalue weighted by atomic mass is 9.88. The first-order chi connectivity index (χ1) is 8.75. The molecule has 2 aliphatic heterocycles. The lowest BCUT2D eigenvalue weighted by molar-refractivity contribution is 0.0895. The van der Waals surface area contributed by atoms with E-state index in [0.29, 0.717) is 11.6 Å². The summed E-state index contributed by atoms with van der Waals surface area (Å²) in [5.74, 6) is 1.11. The van der Waals surface area contributed by atoms with Crippen LogP contribution in [0, 0.1) is 5.92 Å². The molecule has 0 radical (unpaired) electrons. The average Bonchev–Trinajstić information content (AvgIpc) is 2.86. The molecule has 2 atom stereocenters. The number of ether oxygens (including phenoxy) is 1. The van der Waals surface area contributed by atoms with E-state index < -0.39 is 6.10 Å². The molecule has 0 spiro atoms. The molecule has 2 N–H and O–H groups in total. The van der Waals surface area contributed by atoms with Crippen LogP contribution in [-0.2, 0) is 6.42 Å². The maximum absolute atomic E-state index is 10.6. The fraction of sp³-hybridized carbons (Fsp3) is 0.571. The van der Waals surface area contributed by atoms with Gasteiger partial charge in [-0.2, -0.15) is 0 Å². The topological polar surface area (TPSA) is 41.5 Å². The van der Waals surface area contributed by atoms with E-state index in [9.17, 15) is 5.11 Å². The van der Waals surface area contributed by atoms with Crippen molar-refractivity contribution in [2.45, 2.75) is 25.4 Å². The Morgan fingerprint density at radius 3 is 3.11 bits per heavy atom. The summed E-state index contributed by atoms with van der Waals surface area (Å²) in [7, 11) is 0. The Hall–Kier alpha value is -0.770. The van der Waals surface area contributed by atoms with Crippen LogP contribution in [0.5, 0.6) is 5.75 Å². The van der Waals surface area contributed by atoms with Gasteiger partial charge in [-0.15, -0.1) is 0 Å². The van der Waals surface area contributed by atoms with Gasteiger partial charge >= 0.3 is 0 Å². The third kappa shape index (κ3) is 2.22. The van der Waals surface area contributed by atoms with Gasteiger partial charge in [0.2, 0.25) is 0 Å². The molecule has 0 aliphatic carbocycles. The van der Waals surface area contributed by atoms with Crippen molar-refractivity contribution < 1.29 is 9.84 Å². The van der Waals surface area contributed by atoms with E-state index in [0.717, 1.165) is 49.2 Å². The number of nitrogens with one attached hydrogen (secondary N) is 1. The van der Waals surface area contributed by atoms with Gasteiger partial charge in [-0.05, 0) is 37.1 Å². The summed E-state index contributed by atoms with van der Waals surface area (Å²) in [6.45, 7) is 2.61. The number of hydrogen-bond acceptors (Lipinski definition) is 3. The van der Waals surface area contributed by atoms with E-state index in [-0.39, 0.29) is 5.92 Å². The first-order valence-corrected chi connectivity index (χ1v) is 6.97. The van der Waals surface area contributed by atoms with Gasteiger partial charge in [0.15, 0.2) is 0 Å². The summed E-state index contributed by atoms with van der Waals surface area (Å²) in [6, 6.07) is 3.80. The largest absolute Gasteiger partial charge is 0.493 e. The van der Waals surface area contributed by atoms with E-state index in [2.05, 4.69) is 5.32 Å². The van der Waals surface area contributed by atoms with Gasteiger partial charge in [-0.25, -0.2) is 0 Å². The maximum Gasteiger partial charge on any atom is 0.128 e. The average molecular weight is 268 g/mol. The van der Waals surface area contributed by atoms with Crippen LogP contribution in [0.15, 0.2) is 12.1 Å². The van der Waals surface area contributed by atoms with Gasteiger partial charge in [0.1, 0.15) is 5.75 Å². The second-order valence-corrected chi connectivity index (χ2v) is 5.57. The zero-order valence-corrected chi connectivity index (χ0v) is 11.0. The van der Waals surface area contributed by atoms with Crippen LogP contribution < -0.4 is 10.1 Å². The van der Waals surface area contributed by atoms with Crippen LogP contribution in [0.3, 0.4) is 0 Å². The van der Waals surface area contributed by atoms with Crippen LogP contribution in [0.25, 0.3) is 0 Å². The number of rotatable bonds is 2. The molecule has 0 bridgehead atoms. The number of hydrogen-bond donors (Lipinski definition) is 2. The van der Waals surface area contributed by atoms with Gasteiger partial charge in [0, 0.05) is 29.5 Å². The monoisotopic (exact) mass is 267 g/mol. The van der Waals surface area contributed by atoms with Gasteiger partial charge < -0.3 is 15.2 Å². The molecule has 98 valence electrons. The molecule has 1 fully saturated rings. The van der Waals surface area contributed by atoms with Gasteiger partial charge in [-0.1, -0.05) is 11.6 Å². The Balaban J connectivity index is 1.91. The highest BCUT2D eigenvalue weighted by atomic mass is 35.5. The minimum Gasteiger partial charge on any atom is -0.493 e. The smallest absolute Gasteiger partial charge is 0.128 e. The minimum absolute atomic E-state index is 0.255. The summed E-state index contributed by atoms with van der Waals surface area (Å²) in [5.41, 5.74) is 1.99. The van der Waals surface area contributed by atoms with Gasteiger partial charge in [0.25, 0.3) is 0 Å². The van der Waals surface area contributed by atoms with Crippen LogP contribution >= 0.6 is 11.6 Å². The molecule has 3 rings (SSSR count). The molecule has 0 aromatic heterocycles. The quantitative estimate of drug-likeness (QED) is 0.864. The Bertz CT molecular complexity index is 444. The van der Waals surface area contributed by atoms with Crippen molar-refractivity contribution >= 4 is 11.6 Å².